The average Bonchev–Trinajstić information content (AvgIpc) is 3.04. The molecule has 8 heteroatoms. The number of piperazine rings is 1. The Morgan fingerprint density at radius 3 is 2.46 bits per heavy atom. The van der Waals surface area contributed by atoms with Crippen LogP contribution in [0.3, 0.4) is 0 Å². The summed E-state index contributed by atoms with van der Waals surface area (Å²) in [6, 6.07) is 9.34. The third-order valence-corrected chi connectivity index (χ3v) is 5.83. The number of halogens is 1. The molecular weight excluding hydrogens is 378 g/mol. The van der Waals surface area contributed by atoms with Crippen molar-refractivity contribution < 1.29 is 9.59 Å². The molecule has 2 aliphatic rings. The fraction of sp³-hybridized carbons (Fsp3) is 0.450. The molecule has 2 aliphatic heterocycles. The lowest BCUT2D eigenvalue weighted by Crippen LogP contribution is -2.81. The van der Waals surface area contributed by atoms with E-state index in [0.717, 1.165) is 17.1 Å². The van der Waals surface area contributed by atoms with Crippen LogP contribution >= 0.6 is 11.6 Å². The SMILES string of the molecule is Cc1cc(N2CC3(C2)C(=O)N(C(C)C)CC(=O)N3Cc2ccc(Cl)cc2)n[nH]1. The summed E-state index contributed by atoms with van der Waals surface area (Å²) in [5, 5.41) is 7.87. The lowest BCUT2D eigenvalue weighted by molar-refractivity contribution is -0.170. The number of aryl methyl sites for hydroxylation is 1. The van der Waals surface area contributed by atoms with Crippen LogP contribution in [0.5, 0.6) is 0 Å². The summed E-state index contributed by atoms with van der Waals surface area (Å²) in [5.74, 6) is 0.789. The summed E-state index contributed by atoms with van der Waals surface area (Å²) in [5.41, 5.74) is 1.06. The second-order valence-corrected chi connectivity index (χ2v) is 8.37. The van der Waals surface area contributed by atoms with Gasteiger partial charge < -0.3 is 14.7 Å². The largest absolute Gasteiger partial charge is 0.349 e. The van der Waals surface area contributed by atoms with Gasteiger partial charge in [-0.3, -0.25) is 14.7 Å². The summed E-state index contributed by atoms with van der Waals surface area (Å²) in [6.07, 6.45) is 0. The molecule has 0 saturated carbocycles. The van der Waals surface area contributed by atoms with E-state index in [-0.39, 0.29) is 24.4 Å². The number of benzene rings is 1. The number of nitrogens with zero attached hydrogens (tertiary/aromatic N) is 4. The zero-order chi connectivity index (χ0) is 20.1. The van der Waals surface area contributed by atoms with E-state index in [1.807, 2.05) is 43.9 Å². The molecule has 2 aromatic rings. The van der Waals surface area contributed by atoms with Gasteiger partial charge in [-0.25, -0.2) is 0 Å². The summed E-state index contributed by atoms with van der Waals surface area (Å²) < 4.78 is 0. The van der Waals surface area contributed by atoms with Gasteiger partial charge >= 0.3 is 0 Å². The number of carbonyl (C=O) groups is 2. The Balaban J connectivity index is 1.64. The van der Waals surface area contributed by atoms with Crippen molar-refractivity contribution in [2.45, 2.75) is 38.9 Å². The number of H-pyrrole nitrogens is 1. The smallest absolute Gasteiger partial charge is 0.252 e. The molecule has 1 aromatic carbocycles. The van der Waals surface area contributed by atoms with Crippen LogP contribution in [0.4, 0.5) is 5.82 Å². The Morgan fingerprint density at radius 1 is 1.21 bits per heavy atom. The minimum absolute atomic E-state index is 0.0135. The second-order valence-electron chi connectivity index (χ2n) is 7.93. The van der Waals surface area contributed by atoms with Gasteiger partial charge in [-0.15, -0.1) is 0 Å². The van der Waals surface area contributed by atoms with Gasteiger partial charge in [-0.2, -0.15) is 5.10 Å². The molecule has 2 fully saturated rings. The Morgan fingerprint density at radius 2 is 1.89 bits per heavy atom. The molecule has 2 amide bonds. The van der Waals surface area contributed by atoms with Crippen LogP contribution in [0.15, 0.2) is 30.3 Å². The highest BCUT2D eigenvalue weighted by Crippen LogP contribution is 2.37. The number of hydrogen-bond acceptors (Lipinski definition) is 4. The molecule has 148 valence electrons. The Bertz CT molecular complexity index is 902. The Kier molecular flexibility index (Phi) is 4.57. The maximum absolute atomic E-state index is 13.4. The highest BCUT2D eigenvalue weighted by atomic mass is 35.5. The fourth-order valence-electron chi connectivity index (χ4n) is 3.97. The first-order valence-corrected chi connectivity index (χ1v) is 9.81. The van der Waals surface area contributed by atoms with Crippen LogP contribution < -0.4 is 4.90 Å². The van der Waals surface area contributed by atoms with E-state index in [4.69, 9.17) is 11.6 Å². The summed E-state index contributed by atoms with van der Waals surface area (Å²) in [7, 11) is 0. The first-order valence-electron chi connectivity index (χ1n) is 9.43. The first-order chi connectivity index (χ1) is 13.3. The van der Waals surface area contributed by atoms with Gasteiger partial charge in [-0.1, -0.05) is 23.7 Å². The van der Waals surface area contributed by atoms with E-state index in [0.29, 0.717) is 24.7 Å². The standard InChI is InChI=1S/C20H24ClN5O2/c1-13(2)25-10-18(27)26(9-15-4-6-16(21)7-5-15)20(19(25)28)11-24(12-20)17-8-14(3)22-23-17/h4-8,13H,9-12H2,1-3H3,(H,22,23). The number of anilines is 1. The molecule has 0 atom stereocenters. The molecule has 2 saturated heterocycles. The van der Waals surface area contributed by atoms with Gasteiger partial charge in [0.1, 0.15) is 6.54 Å². The third-order valence-electron chi connectivity index (χ3n) is 5.58. The van der Waals surface area contributed by atoms with Crippen LogP contribution in [0, 0.1) is 6.92 Å². The van der Waals surface area contributed by atoms with Crippen molar-refractivity contribution in [2.75, 3.05) is 24.5 Å². The Hall–Kier alpha value is -2.54. The minimum Gasteiger partial charge on any atom is -0.349 e. The zero-order valence-corrected chi connectivity index (χ0v) is 17.0. The van der Waals surface area contributed by atoms with Gasteiger partial charge in [0.05, 0.1) is 13.1 Å². The van der Waals surface area contributed by atoms with E-state index < -0.39 is 5.54 Å². The summed E-state index contributed by atoms with van der Waals surface area (Å²) >= 11 is 5.99. The molecule has 0 bridgehead atoms. The van der Waals surface area contributed by atoms with Crippen LogP contribution in [-0.2, 0) is 16.1 Å². The maximum atomic E-state index is 13.4. The number of aromatic nitrogens is 2. The Labute approximate surface area is 169 Å². The monoisotopic (exact) mass is 401 g/mol. The van der Waals surface area contributed by atoms with Crippen LogP contribution in [0.2, 0.25) is 5.02 Å². The molecule has 4 rings (SSSR count). The molecule has 1 aromatic heterocycles. The summed E-state index contributed by atoms with van der Waals surface area (Å²) in [6.45, 7) is 7.23. The van der Waals surface area contributed by atoms with Crippen molar-refractivity contribution in [1.82, 2.24) is 20.0 Å². The lowest BCUT2D eigenvalue weighted by Gasteiger charge is -2.58. The molecular formula is C20H24ClN5O2. The molecule has 1 N–H and O–H groups in total. The topological polar surface area (TPSA) is 72.5 Å². The van der Waals surface area contributed by atoms with Crippen molar-refractivity contribution in [1.29, 1.82) is 0 Å². The number of hydrogen-bond donors (Lipinski definition) is 1. The van der Waals surface area contributed by atoms with Gasteiger partial charge in [-0.05, 0) is 38.5 Å². The minimum atomic E-state index is -0.855. The van der Waals surface area contributed by atoms with E-state index in [9.17, 15) is 9.59 Å². The van der Waals surface area contributed by atoms with Crippen molar-refractivity contribution in [3.8, 4) is 0 Å². The number of nitrogens with one attached hydrogen (secondary N) is 1. The molecule has 28 heavy (non-hydrogen) atoms. The van der Waals surface area contributed by atoms with E-state index >= 15 is 0 Å². The van der Waals surface area contributed by atoms with Crippen LogP contribution in [0.1, 0.15) is 25.1 Å². The molecule has 0 unspecified atom stereocenters. The lowest BCUT2D eigenvalue weighted by atomic mass is 9.83. The van der Waals surface area contributed by atoms with Gasteiger partial charge in [0.25, 0.3) is 5.91 Å². The van der Waals surface area contributed by atoms with Crippen LogP contribution in [-0.4, -0.2) is 63.0 Å². The van der Waals surface area contributed by atoms with Gasteiger partial charge in [0.15, 0.2) is 11.4 Å². The molecule has 7 nitrogen and oxygen atoms in total. The molecule has 0 radical (unpaired) electrons. The zero-order valence-electron chi connectivity index (χ0n) is 16.3. The maximum Gasteiger partial charge on any atom is 0.252 e. The average molecular weight is 402 g/mol. The number of amides is 2. The molecule has 0 aliphatic carbocycles. The number of rotatable bonds is 4. The van der Waals surface area contributed by atoms with Crippen molar-refractivity contribution >= 4 is 29.2 Å². The van der Waals surface area contributed by atoms with Crippen molar-refractivity contribution in [2.24, 2.45) is 0 Å². The second kappa shape index (κ2) is 6.81. The summed E-state index contributed by atoms with van der Waals surface area (Å²) in [4.78, 5) is 31.9. The number of aromatic amines is 1. The van der Waals surface area contributed by atoms with Gasteiger partial charge in [0.2, 0.25) is 5.91 Å². The predicted molar refractivity (Wildman–Crippen MR) is 107 cm³/mol. The highest BCUT2D eigenvalue weighted by molar-refractivity contribution is 6.30. The van der Waals surface area contributed by atoms with E-state index in [2.05, 4.69) is 10.2 Å². The first kappa shape index (κ1) is 18.8. The predicted octanol–water partition coefficient (Wildman–Crippen LogP) is 2.21. The molecule has 1 spiro atoms. The van der Waals surface area contributed by atoms with E-state index in [1.54, 1.807) is 21.9 Å². The van der Waals surface area contributed by atoms with Crippen LogP contribution in [0.25, 0.3) is 0 Å². The van der Waals surface area contributed by atoms with Crippen molar-refractivity contribution in [3.63, 3.8) is 0 Å². The van der Waals surface area contributed by atoms with Crippen molar-refractivity contribution in [3.05, 3.63) is 46.6 Å². The fourth-order valence-corrected chi connectivity index (χ4v) is 4.10. The normalized spacial score (nSPS) is 19.0. The van der Waals surface area contributed by atoms with E-state index in [1.165, 1.54) is 0 Å². The van der Waals surface area contributed by atoms with Gasteiger partial charge in [0, 0.05) is 29.4 Å². The quantitative estimate of drug-likeness (QED) is 0.852. The third kappa shape index (κ3) is 3.03. The number of carbonyl (C=O) groups excluding carboxylic acids is 2. The molecule has 3 heterocycles. The highest BCUT2D eigenvalue weighted by Gasteiger charge is 2.60.